The van der Waals surface area contributed by atoms with Gasteiger partial charge < -0.3 is 5.11 Å². The molecule has 2 aromatic carbocycles. The minimum Gasteiger partial charge on any atom is -0.508 e. The van der Waals surface area contributed by atoms with E-state index in [-0.39, 0.29) is 11.2 Å². The standard InChI is InChI=1S/C23H30O2/c1-15(2)23(5,6)20-10-16(3)9-18(12-20)7-8-22-17(4)11-21(25)13-19(22)14-24/h9-15,25H,7-8H2,1-6H3. The number of aryl methyl sites for hydroxylation is 3. The van der Waals surface area contributed by atoms with Crippen molar-refractivity contribution in [1.29, 1.82) is 0 Å². The van der Waals surface area contributed by atoms with E-state index in [0.29, 0.717) is 11.5 Å². The van der Waals surface area contributed by atoms with Gasteiger partial charge in [-0.2, -0.15) is 0 Å². The number of benzene rings is 2. The molecule has 0 atom stereocenters. The maximum Gasteiger partial charge on any atom is 0.150 e. The third kappa shape index (κ3) is 4.31. The lowest BCUT2D eigenvalue weighted by Crippen LogP contribution is -2.24. The Hall–Kier alpha value is -2.09. The number of hydrogen-bond donors (Lipinski definition) is 1. The molecule has 2 rings (SSSR count). The highest BCUT2D eigenvalue weighted by Gasteiger charge is 2.25. The average molecular weight is 338 g/mol. The van der Waals surface area contributed by atoms with Gasteiger partial charge in [0, 0.05) is 5.56 Å². The van der Waals surface area contributed by atoms with Crippen LogP contribution in [0.25, 0.3) is 0 Å². The normalized spacial score (nSPS) is 11.8. The van der Waals surface area contributed by atoms with E-state index in [2.05, 4.69) is 52.8 Å². The van der Waals surface area contributed by atoms with Crippen LogP contribution in [0.1, 0.15) is 65.9 Å². The summed E-state index contributed by atoms with van der Waals surface area (Å²) in [7, 11) is 0. The smallest absolute Gasteiger partial charge is 0.150 e. The first-order valence-electron chi connectivity index (χ1n) is 9.04. The van der Waals surface area contributed by atoms with Gasteiger partial charge in [0.25, 0.3) is 0 Å². The summed E-state index contributed by atoms with van der Waals surface area (Å²) in [6.45, 7) is 13.2. The lowest BCUT2D eigenvalue weighted by atomic mass is 9.74. The quantitative estimate of drug-likeness (QED) is 0.702. The molecule has 2 nitrogen and oxygen atoms in total. The van der Waals surface area contributed by atoms with Gasteiger partial charge in [-0.25, -0.2) is 0 Å². The lowest BCUT2D eigenvalue weighted by Gasteiger charge is -2.30. The van der Waals surface area contributed by atoms with Crippen LogP contribution in [0.4, 0.5) is 0 Å². The Morgan fingerprint density at radius 1 is 1.04 bits per heavy atom. The fourth-order valence-corrected chi connectivity index (χ4v) is 3.25. The molecule has 0 bridgehead atoms. The fourth-order valence-electron chi connectivity index (χ4n) is 3.25. The summed E-state index contributed by atoms with van der Waals surface area (Å²) in [5, 5.41) is 9.69. The number of aldehydes is 1. The molecule has 0 spiro atoms. The van der Waals surface area contributed by atoms with Gasteiger partial charge >= 0.3 is 0 Å². The highest BCUT2D eigenvalue weighted by molar-refractivity contribution is 5.79. The molecule has 0 aliphatic carbocycles. The van der Waals surface area contributed by atoms with Gasteiger partial charge in [0.15, 0.2) is 0 Å². The molecule has 0 aromatic heterocycles. The first-order chi connectivity index (χ1) is 11.6. The molecule has 2 aromatic rings. The van der Waals surface area contributed by atoms with Crippen LogP contribution in [-0.2, 0) is 18.3 Å². The zero-order valence-corrected chi connectivity index (χ0v) is 16.3. The average Bonchev–Trinajstić information content (AvgIpc) is 2.52. The van der Waals surface area contributed by atoms with Crippen molar-refractivity contribution in [2.45, 2.75) is 59.8 Å². The van der Waals surface area contributed by atoms with E-state index in [1.54, 1.807) is 12.1 Å². The van der Waals surface area contributed by atoms with E-state index in [0.717, 1.165) is 30.3 Å². The number of phenolic OH excluding ortho intramolecular Hbond substituents is 1. The lowest BCUT2D eigenvalue weighted by molar-refractivity contribution is 0.112. The van der Waals surface area contributed by atoms with Crippen LogP contribution >= 0.6 is 0 Å². The van der Waals surface area contributed by atoms with Crippen molar-refractivity contribution in [3.63, 3.8) is 0 Å². The Morgan fingerprint density at radius 3 is 2.32 bits per heavy atom. The third-order valence-electron chi connectivity index (χ3n) is 5.61. The Labute approximate surface area is 151 Å². The van der Waals surface area contributed by atoms with E-state index < -0.39 is 0 Å². The van der Waals surface area contributed by atoms with Crippen LogP contribution in [0.15, 0.2) is 30.3 Å². The molecule has 134 valence electrons. The van der Waals surface area contributed by atoms with Crippen LogP contribution in [-0.4, -0.2) is 11.4 Å². The molecule has 0 saturated heterocycles. The topological polar surface area (TPSA) is 37.3 Å². The SMILES string of the molecule is Cc1cc(CCc2c(C)cc(O)cc2C=O)cc(C(C)(C)C(C)C)c1. The van der Waals surface area contributed by atoms with E-state index in [1.165, 1.54) is 16.7 Å². The van der Waals surface area contributed by atoms with Gasteiger partial charge in [-0.1, -0.05) is 51.5 Å². The number of aromatic hydroxyl groups is 1. The zero-order chi connectivity index (χ0) is 18.8. The molecule has 0 fully saturated rings. The molecule has 0 aliphatic heterocycles. The highest BCUT2D eigenvalue weighted by Crippen LogP contribution is 2.33. The van der Waals surface area contributed by atoms with Crippen molar-refractivity contribution in [2.75, 3.05) is 0 Å². The molecule has 0 heterocycles. The first kappa shape index (κ1) is 19.2. The van der Waals surface area contributed by atoms with Gasteiger partial charge in [-0.05, 0) is 72.4 Å². The van der Waals surface area contributed by atoms with E-state index in [9.17, 15) is 9.90 Å². The predicted molar refractivity (Wildman–Crippen MR) is 105 cm³/mol. The van der Waals surface area contributed by atoms with Gasteiger partial charge in [-0.15, -0.1) is 0 Å². The summed E-state index contributed by atoms with van der Waals surface area (Å²) in [5.41, 5.74) is 6.66. The van der Waals surface area contributed by atoms with Gasteiger partial charge in [0.1, 0.15) is 12.0 Å². The second-order valence-corrected chi connectivity index (χ2v) is 8.03. The van der Waals surface area contributed by atoms with Crippen molar-refractivity contribution >= 4 is 6.29 Å². The highest BCUT2D eigenvalue weighted by atomic mass is 16.3. The number of carbonyl (C=O) groups excluding carboxylic acids is 1. The van der Waals surface area contributed by atoms with E-state index in [4.69, 9.17) is 0 Å². The number of rotatable bonds is 6. The monoisotopic (exact) mass is 338 g/mol. The molecule has 0 saturated carbocycles. The molecule has 1 N–H and O–H groups in total. The van der Waals surface area contributed by atoms with Crippen LogP contribution < -0.4 is 0 Å². The fraction of sp³-hybridized carbons (Fsp3) is 0.435. The Bertz CT molecular complexity index is 770. The van der Waals surface area contributed by atoms with Crippen molar-refractivity contribution in [1.82, 2.24) is 0 Å². The Balaban J connectivity index is 2.31. The molecule has 0 amide bonds. The van der Waals surface area contributed by atoms with Crippen LogP contribution in [0.3, 0.4) is 0 Å². The maximum absolute atomic E-state index is 11.3. The summed E-state index contributed by atoms with van der Waals surface area (Å²) >= 11 is 0. The van der Waals surface area contributed by atoms with Crippen LogP contribution in [0, 0.1) is 19.8 Å². The summed E-state index contributed by atoms with van der Waals surface area (Å²) in [6.07, 6.45) is 2.52. The number of phenols is 1. The van der Waals surface area contributed by atoms with Crippen LogP contribution in [0.2, 0.25) is 0 Å². The zero-order valence-electron chi connectivity index (χ0n) is 16.3. The largest absolute Gasteiger partial charge is 0.508 e. The molecule has 2 heteroatoms. The van der Waals surface area contributed by atoms with Gasteiger partial charge in [-0.3, -0.25) is 4.79 Å². The van der Waals surface area contributed by atoms with Crippen molar-refractivity contribution in [2.24, 2.45) is 5.92 Å². The number of carbonyl (C=O) groups is 1. The van der Waals surface area contributed by atoms with Gasteiger partial charge in [0.2, 0.25) is 0 Å². The Kier molecular flexibility index (Phi) is 5.72. The summed E-state index contributed by atoms with van der Waals surface area (Å²) < 4.78 is 0. The second-order valence-electron chi connectivity index (χ2n) is 8.03. The second kappa shape index (κ2) is 7.43. The van der Waals surface area contributed by atoms with E-state index >= 15 is 0 Å². The minimum absolute atomic E-state index is 0.128. The van der Waals surface area contributed by atoms with Crippen molar-refractivity contribution in [3.05, 3.63) is 63.7 Å². The molecular formula is C23H30O2. The summed E-state index contributed by atoms with van der Waals surface area (Å²) in [6, 6.07) is 10.1. The first-order valence-corrected chi connectivity index (χ1v) is 9.04. The van der Waals surface area contributed by atoms with Crippen LogP contribution in [0.5, 0.6) is 5.75 Å². The van der Waals surface area contributed by atoms with Crippen molar-refractivity contribution < 1.29 is 9.90 Å². The Morgan fingerprint density at radius 2 is 1.72 bits per heavy atom. The molecule has 0 aliphatic rings. The summed E-state index contributed by atoms with van der Waals surface area (Å²) in [4.78, 5) is 11.3. The predicted octanol–water partition coefficient (Wildman–Crippen LogP) is 5.54. The number of hydrogen-bond acceptors (Lipinski definition) is 2. The third-order valence-corrected chi connectivity index (χ3v) is 5.61. The summed E-state index contributed by atoms with van der Waals surface area (Å²) in [5.74, 6) is 0.711. The minimum atomic E-state index is 0.128. The van der Waals surface area contributed by atoms with Crippen molar-refractivity contribution in [3.8, 4) is 5.75 Å². The molecule has 0 radical (unpaired) electrons. The van der Waals surface area contributed by atoms with Gasteiger partial charge in [0.05, 0.1) is 0 Å². The maximum atomic E-state index is 11.3. The van der Waals surface area contributed by atoms with E-state index in [1.807, 2.05) is 6.92 Å². The molecular weight excluding hydrogens is 308 g/mol. The molecule has 25 heavy (non-hydrogen) atoms. The molecule has 0 unspecified atom stereocenters.